The molecule has 1 amide bonds. The summed E-state index contributed by atoms with van der Waals surface area (Å²) in [4.78, 5) is 18.9. The highest BCUT2D eigenvalue weighted by atomic mass is 32.2. The van der Waals surface area contributed by atoms with Gasteiger partial charge in [0.15, 0.2) is 0 Å². The second-order valence-electron chi connectivity index (χ2n) is 6.38. The molecule has 0 saturated heterocycles. The van der Waals surface area contributed by atoms with Gasteiger partial charge in [-0.05, 0) is 62.6 Å². The maximum atomic E-state index is 12.9. The van der Waals surface area contributed by atoms with Crippen LogP contribution in [0.25, 0.3) is 0 Å². The van der Waals surface area contributed by atoms with Crippen molar-refractivity contribution in [3.63, 3.8) is 0 Å². The van der Waals surface area contributed by atoms with Crippen LogP contribution in [0.4, 0.5) is 5.69 Å². The Morgan fingerprint density at radius 1 is 1.11 bits per heavy atom. The van der Waals surface area contributed by atoms with Gasteiger partial charge in [-0.2, -0.15) is 10.5 Å². The Balaban J connectivity index is 2.23. The van der Waals surface area contributed by atoms with Gasteiger partial charge in [0.05, 0.1) is 23.8 Å². The van der Waals surface area contributed by atoms with Crippen LogP contribution < -0.4 is 4.90 Å². The van der Waals surface area contributed by atoms with Crippen molar-refractivity contribution < 1.29 is 4.79 Å². The van der Waals surface area contributed by atoms with Crippen LogP contribution in [-0.2, 0) is 4.79 Å². The van der Waals surface area contributed by atoms with Crippen molar-refractivity contribution in [1.29, 1.82) is 10.5 Å². The van der Waals surface area contributed by atoms with Gasteiger partial charge in [-0.1, -0.05) is 17.8 Å². The van der Waals surface area contributed by atoms with Gasteiger partial charge in [0, 0.05) is 17.9 Å². The van der Waals surface area contributed by atoms with Gasteiger partial charge >= 0.3 is 0 Å². The summed E-state index contributed by atoms with van der Waals surface area (Å²) in [5, 5.41) is 18.9. The molecule has 0 bridgehead atoms. The van der Waals surface area contributed by atoms with Crippen LogP contribution in [0.15, 0.2) is 29.3 Å². The number of nitriles is 2. The molecule has 138 valence electrons. The van der Waals surface area contributed by atoms with E-state index in [0.717, 1.165) is 28.1 Å². The van der Waals surface area contributed by atoms with Crippen LogP contribution in [0.3, 0.4) is 0 Å². The van der Waals surface area contributed by atoms with E-state index in [9.17, 15) is 10.1 Å². The number of thioether (sulfide) groups is 1. The number of hydrogen-bond acceptors (Lipinski definition) is 5. The maximum absolute atomic E-state index is 12.9. The summed E-state index contributed by atoms with van der Waals surface area (Å²) < 4.78 is 0. The Bertz CT molecular complexity index is 940. The number of carbonyl (C=O) groups is 1. The normalized spacial score (nSPS) is 10.1. The van der Waals surface area contributed by atoms with Crippen LogP contribution in [0.1, 0.15) is 34.4 Å². The SMILES string of the molecule is Cc1cc(C)c(C#N)c(SCC(=O)N(CCC#N)c2ccc(C)c(C)c2)n1. The number of hydrogen-bond donors (Lipinski definition) is 0. The molecular weight excluding hydrogens is 356 g/mol. The fourth-order valence-electron chi connectivity index (χ4n) is 2.70. The molecule has 1 aromatic carbocycles. The third kappa shape index (κ3) is 5.09. The number of nitrogens with zero attached hydrogens (tertiary/aromatic N) is 4. The zero-order valence-corrected chi connectivity index (χ0v) is 16.9. The predicted molar refractivity (Wildman–Crippen MR) is 108 cm³/mol. The highest BCUT2D eigenvalue weighted by Gasteiger charge is 2.18. The van der Waals surface area contributed by atoms with Gasteiger partial charge in [-0.15, -0.1) is 0 Å². The average Bonchev–Trinajstić information content (AvgIpc) is 2.62. The van der Waals surface area contributed by atoms with E-state index < -0.39 is 0 Å². The lowest BCUT2D eigenvalue weighted by molar-refractivity contribution is -0.116. The quantitative estimate of drug-likeness (QED) is 0.703. The molecule has 0 fully saturated rings. The molecule has 0 atom stereocenters. The van der Waals surface area contributed by atoms with Gasteiger partial charge in [-0.3, -0.25) is 4.79 Å². The molecule has 2 rings (SSSR count). The summed E-state index contributed by atoms with van der Waals surface area (Å²) in [6.07, 6.45) is 0.259. The molecule has 0 aliphatic carbocycles. The lowest BCUT2D eigenvalue weighted by Crippen LogP contribution is -2.33. The molecule has 27 heavy (non-hydrogen) atoms. The first-order valence-electron chi connectivity index (χ1n) is 8.63. The molecule has 0 spiro atoms. The standard InChI is InChI=1S/C21H22N4OS/c1-14-6-7-18(11-15(14)2)25(9-5-8-22)20(26)13-27-21-19(12-23)16(3)10-17(4)24-21/h6-7,10-11H,5,9,13H2,1-4H3. The summed E-state index contributed by atoms with van der Waals surface area (Å²) in [6.45, 7) is 8.09. The van der Waals surface area contributed by atoms with E-state index in [4.69, 9.17) is 5.26 Å². The molecule has 2 aromatic rings. The molecule has 0 radical (unpaired) electrons. The number of aryl methyl sites for hydroxylation is 4. The Morgan fingerprint density at radius 3 is 2.48 bits per heavy atom. The van der Waals surface area contributed by atoms with E-state index in [0.29, 0.717) is 17.1 Å². The maximum Gasteiger partial charge on any atom is 0.237 e. The molecule has 5 nitrogen and oxygen atoms in total. The smallest absolute Gasteiger partial charge is 0.237 e. The largest absolute Gasteiger partial charge is 0.311 e. The fraction of sp³-hybridized carbons (Fsp3) is 0.333. The third-order valence-corrected chi connectivity index (χ3v) is 5.27. The van der Waals surface area contributed by atoms with Crippen molar-refractivity contribution >= 4 is 23.4 Å². The average molecular weight is 379 g/mol. The van der Waals surface area contributed by atoms with Crippen molar-refractivity contribution in [1.82, 2.24) is 4.98 Å². The number of anilines is 1. The minimum atomic E-state index is -0.108. The van der Waals surface area contributed by atoms with E-state index in [1.165, 1.54) is 11.8 Å². The Hall–Kier alpha value is -2.83. The number of carbonyl (C=O) groups excluding carboxylic acids is 1. The lowest BCUT2D eigenvalue weighted by Gasteiger charge is -2.22. The van der Waals surface area contributed by atoms with Crippen LogP contribution in [0, 0.1) is 50.4 Å². The van der Waals surface area contributed by atoms with Crippen LogP contribution >= 0.6 is 11.8 Å². The molecule has 0 aliphatic rings. The van der Waals surface area contributed by atoms with E-state index in [2.05, 4.69) is 17.1 Å². The molecule has 6 heteroatoms. The van der Waals surface area contributed by atoms with Gasteiger partial charge < -0.3 is 4.90 Å². The van der Waals surface area contributed by atoms with Gasteiger partial charge in [0.1, 0.15) is 11.1 Å². The van der Waals surface area contributed by atoms with E-state index in [1.54, 1.807) is 4.90 Å². The predicted octanol–water partition coefficient (Wildman–Crippen LogP) is 4.23. The molecule has 0 saturated carbocycles. The third-order valence-electron chi connectivity index (χ3n) is 4.31. The summed E-state index contributed by atoms with van der Waals surface area (Å²) in [5.41, 5.74) is 5.21. The zero-order valence-electron chi connectivity index (χ0n) is 16.0. The first-order chi connectivity index (χ1) is 12.9. The van der Waals surface area contributed by atoms with E-state index in [1.807, 2.05) is 52.0 Å². The molecule has 1 aromatic heterocycles. The Labute approximate surface area is 164 Å². The number of pyridine rings is 1. The minimum absolute atomic E-state index is 0.108. The zero-order chi connectivity index (χ0) is 20.0. The second-order valence-corrected chi connectivity index (χ2v) is 7.35. The lowest BCUT2D eigenvalue weighted by atomic mass is 10.1. The first-order valence-corrected chi connectivity index (χ1v) is 9.61. The van der Waals surface area contributed by atoms with Gasteiger partial charge in [-0.25, -0.2) is 4.98 Å². The van der Waals surface area contributed by atoms with Crippen LogP contribution in [-0.4, -0.2) is 23.2 Å². The summed E-state index contributed by atoms with van der Waals surface area (Å²) in [5.74, 6) is 0.0477. The number of aromatic nitrogens is 1. The Kier molecular flexibility index (Phi) is 6.98. The molecule has 1 heterocycles. The molecule has 0 unspecified atom stereocenters. The number of rotatable bonds is 6. The van der Waals surface area contributed by atoms with Gasteiger partial charge in [0.2, 0.25) is 5.91 Å². The fourth-order valence-corrected chi connectivity index (χ4v) is 3.68. The summed E-state index contributed by atoms with van der Waals surface area (Å²) >= 11 is 1.26. The summed E-state index contributed by atoms with van der Waals surface area (Å²) in [7, 11) is 0. The first kappa shape index (κ1) is 20.5. The van der Waals surface area contributed by atoms with Gasteiger partial charge in [0.25, 0.3) is 0 Å². The van der Waals surface area contributed by atoms with Crippen molar-refractivity contribution in [2.75, 3.05) is 17.2 Å². The topological polar surface area (TPSA) is 80.8 Å². The Morgan fingerprint density at radius 2 is 1.85 bits per heavy atom. The monoisotopic (exact) mass is 378 g/mol. The van der Waals surface area contributed by atoms with E-state index >= 15 is 0 Å². The summed E-state index contributed by atoms with van der Waals surface area (Å²) in [6, 6.07) is 12.0. The highest BCUT2D eigenvalue weighted by Crippen LogP contribution is 2.25. The van der Waals surface area contributed by atoms with Crippen molar-refractivity contribution in [2.24, 2.45) is 0 Å². The highest BCUT2D eigenvalue weighted by molar-refractivity contribution is 8.00. The minimum Gasteiger partial charge on any atom is -0.311 e. The number of benzene rings is 1. The van der Waals surface area contributed by atoms with Crippen molar-refractivity contribution in [3.8, 4) is 12.1 Å². The van der Waals surface area contributed by atoms with Crippen molar-refractivity contribution in [3.05, 3.63) is 52.2 Å². The molecule has 0 aliphatic heterocycles. The molecule has 0 N–H and O–H groups in total. The van der Waals surface area contributed by atoms with Crippen LogP contribution in [0.2, 0.25) is 0 Å². The van der Waals surface area contributed by atoms with Crippen LogP contribution in [0.5, 0.6) is 0 Å². The van der Waals surface area contributed by atoms with E-state index in [-0.39, 0.29) is 18.1 Å². The second kappa shape index (κ2) is 9.21. The number of amides is 1. The van der Waals surface area contributed by atoms with Crippen molar-refractivity contribution in [2.45, 2.75) is 39.1 Å². The molecular formula is C21H22N4OS.